The number of allylic oxidation sites excluding steroid dienone is 2. The maximum Gasteiger partial charge on any atom is 0.271 e. The van der Waals surface area contributed by atoms with Crippen LogP contribution in [0.4, 0.5) is 0 Å². The molecule has 0 spiro atoms. The van der Waals surface area contributed by atoms with Crippen molar-refractivity contribution in [1.29, 1.82) is 0 Å². The SMILES string of the molecule is C=CCn1c(C)c(/C=c2/sc3n(c2=O)[C@H](c2ccc(OC)cc2)C2=C(N=3)c3ccccc3CC2)c2ccccc21. The molecular formula is C34H29N3O2S. The molecule has 6 heteroatoms. The van der Waals surface area contributed by atoms with Crippen LogP contribution < -0.4 is 19.6 Å². The topological polar surface area (TPSA) is 48.5 Å². The highest BCUT2D eigenvalue weighted by atomic mass is 32.1. The highest BCUT2D eigenvalue weighted by Crippen LogP contribution is 2.41. The first-order chi connectivity index (χ1) is 19.6. The van der Waals surface area contributed by atoms with Gasteiger partial charge in [0.1, 0.15) is 5.75 Å². The van der Waals surface area contributed by atoms with E-state index in [0.717, 1.165) is 56.8 Å². The van der Waals surface area contributed by atoms with Gasteiger partial charge in [-0.05, 0) is 60.7 Å². The molecule has 1 aliphatic carbocycles. The molecule has 1 aliphatic heterocycles. The predicted octanol–water partition coefficient (Wildman–Crippen LogP) is 5.78. The molecule has 1 atom stereocenters. The van der Waals surface area contributed by atoms with E-state index < -0.39 is 0 Å². The van der Waals surface area contributed by atoms with Crippen molar-refractivity contribution < 1.29 is 4.74 Å². The molecule has 7 rings (SSSR count). The Morgan fingerprint density at radius 3 is 2.62 bits per heavy atom. The molecule has 3 heterocycles. The highest BCUT2D eigenvalue weighted by molar-refractivity contribution is 7.07. The lowest BCUT2D eigenvalue weighted by Crippen LogP contribution is -2.38. The molecule has 0 amide bonds. The fraction of sp³-hybridized carbons (Fsp3) is 0.176. The molecule has 3 aromatic carbocycles. The molecule has 5 aromatic rings. The molecular weight excluding hydrogens is 514 g/mol. The normalized spacial score (nSPS) is 16.4. The first-order valence-electron chi connectivity index (χ1n) is 13.5. The van der Waals surface area contributed by atoms with Crippen LogP contribution in [0.2, 0.25) is 0 Å². The lowest BCUT2D eigenvalue weighted by atomic mass is 9.83. The van der Waals surface area contributed by atoms with E-state index in [9.17, 15) is 4.79 Å². The second-order valence-corrected chi connectivity index (χ2v) is 11.3. The van der Waals surface area contributed by atoms with Gasteiger partial charge in [-0.15, -0.1) is 6.58 Å². The maximum atomic E-state index is 14.2. The summed E-state index contributed by atoms with van der Waals surface area (Å²) < 4.78 is 10.3. The zero-order valence-corrected chi connectivity index (χ0v) is 23.4. The number of para-hydroxylation sites is 1. The molecule has 198 valence electrons. The predicted molar refractivity (Wildman–Crippen MR) is 163 cm³/mol. The van der Waals surface area contributed by atoms with Gasteiger partial charge in [0.2, 0.25) is 0 Å². The highest BCUT2D eigenvalue weighted by Gasteiger charge is 2.32. The minimum atomic E-state index is -0.212. The summed E-state index contributed by atoms with van der Waals surface area (Å²) in [5.41, 5.74) is 9.07. The van der Waals surface area contributed by atoms with Gasteiger partial charge in [-0.3, -0.25) is 9.36 Å². The van der Waals surface area contributed by atoms with Gasteiger partial charge in [-0.2, -0.15) is 0 Å². The van der Waals surface area contributed by atoms with Crippen molar-refractivity contribution in [2.45, 2.75) is 32.4 Å². The van der Waals surface area contributed by atoms with Gasteiger partial charge in [0, 0.05) is 34.3 Å². The van der Waals surface area contributed by atoms with Crippen LogP contribution in [0.1, 0.15) is 40.4 Å². The molecule has 2 aliphatic rings. The van der Waals surface area contributed by atoms with E-state index in [1.165, 1.54) is 28.0 Å². The Morgan fingerprint density at radius 2 is 1.82 bits per heavy atom. The van der Waals surface area contributed by atoms with Crippen LogP contribution >= 0.6 is 11.3 Å². The van der Waals surface area contributed by atoms with Crippen LogP contribution in [0.25, 0.3) is 22.7 Å². The summed E-state index contributed by atoms with van der Waals surface area (Å²) in [6.45, 7) is 6.77. The second-order valence-electron chi connectivity index (χ2n) is 10.3. The zero-order valence-electron chi connectivity index (χ0n) is 22.6. The lowest BCUT2D eigenvalue weighted by molar-refractivity contribution is 0.414. The summed E-state index contributed by atoms with van der Waals surface area (Å²) in [5.74, 6) is 0.797. The summed E-state index contributed by atoms with van der Waals surface area (Å²) >= 11 is 1.47. The Morgan fingerprint density at radius 1 is 1.05 bits per heavy atom. The Bertz CT molecular complexity index is 2020. The summed E-state index contributed by atoms with van der Waals surface area (Å²) in [6.07, 6.45) is 5.77. The molecule has 0 saturated carbocycles. The number of ether oxygens (including phenoxy) is 1. The maximum absolute atomic E-state index is 14.2. The van der Waals surface area contributed by atoms with Gasteiger partial charge < -0.3 is 9.30 Å². The quantitative estimate of drug-likeness (QED) is 0.264. The van der Waals surface area contributed by atoms with E-state index in [2.05, 4.69) is 78.7 Å². The number of methoxy groups -OCH3 is 1. The monoisotopic (exact) mass is 543 g/mol. The number of hydrogen-bond acceptors (Lipinski definition) is 4. The van der Waals surface area contributed by atoms with Crippen molar-refractivity contribution in [3.63, 3.8) is 0 Å². The first-order valence-corrected chi connectivity index (χ1v) is 14.4. The number of nitrogens with zero attached hydrogens (tertiary/aromatic N) is 3. The van der Waals surface area contributed by atoms with Crippen molar-refractivity contribution in [2.75, 3.05) is 7.11 Å². The molecule has 2 aromatic heterocycles. The summed E-state index contributed by atoms with van der Waals surface area (Å²) in [4.78, 5) is 20.1. The third kappa shape index (κ3) is 3.74. The first kappa shape index (κ1) is 24.6. The average Bonchev–Trinajstić information content (AvgIpc) is 3.45. The third-order valence-electron chi connectivity index (χ3n) is 8.17. The third-order valence-corrected chi connectivity index (χ3v) is 9.15. The lowest BCUT2D eigenvalue weighted by Gasteiger charge is -2.30. The minimum absolute atomic E-state index is 0.00470. The van der Waals surface area contributed by atoms with Gasteiger partial charge in [0.15, 0.2) is 4.80 Å². The van der Waals surface area contributed by atoms with Gasteiger partial charge in [-0.25, -0.2) is 4.99 Å². The number of hydrogen-bond donors (Lipinski definition) is 0. The summed E-state index contributed by atoms with van der Waals surface area (Å²) in [7, 11) is 1.67. The smallest absolute Gasteiger partial charge is 0.271 e. The standard InChI is InChI=1S/C34H29N3O2S/c1-4-19-36-21(2)28(26-11-7-8-12-29(26)36)20-30-33(38)37-32(23-13-16-24(39-3)17-14-23)27-18-15-22-9-5-6-10-25(22)31(27)35-34(37)40-30/h4-14,16-17,20,32H,1,15,18-19H2,2-3H3/b30-20+/t32-/m1/s1. The van der Waals surface area contributed by atoms with Crippen molar-refractivity contribution in [3.8, 4) is 5.75 Å². The van der Waals surface area contributed by atoms with Crippen molar-refractivity contribution >= 4 is 34.0 Å². The average molecular weight is 544 g/mol. The molecule has 5 nitrogen and oxygen atoms in total. The van der Waals surface area contributed by atoms with Crippen molar-refractivity contribution in [3.05, 3.63) is 139 Å². The van der Waals surface area contributed by atoms with Crippen LogP contribution in [-0.2, 0) is 13.0 Å². The van der Waals surface area contributed by atoms with E-state index >= 15 is 0 Å². The van der Waals surface area contributed by atoms with Crippen LogP contribution in [-0.4, -0.2) is 16.2 Å². The van der Waals surface area contributed by atoms with Crippen LogP contribution in [0.5, 0.6) is 5.75 Å². The largest absolute Gasteiger partial charge is 0.497 e. The number of fused-ring (bicyclic) bond motifs is 4. The Hall–Kier alpha value is -4.42. The molecule has 0 bridgehead atoms. The Kier molecular flexibility index (Phi) is 5.93. The van der Waals surface area contributed by atoms with E-state index in [1.807, 2.05) is 28.8 Å². The number of benzene rings is 3. The Labute approximate surface area is 236 Å². The molecule has 0 saturated heterocycles. The van der Waals surface area contributed by atoms with Crippen LogP contribution in [0, 0.1) is 6.92 Å². The fourth-order valence-corrected chi connectivity index (χ4v) is 7.23. The molecule has 0 radical (unpaired) electrons. The molecule has 0 fully saturated rings. The van der Waals surface area contributed by atoms with Gasteiger partial charge >= 0.3 is 0 Å². The van der Waals surface area contributed by atoms with Crippen LogP contribution in [0.3, 0.4) is 0 Å². The van der Waals surface area contributed by atoms with Crippen molar-refractivity contribution in [1.82, 2.24) is 9.13 Å². The summed E-state index contributed by atoms with van der Waals surface area (Å²) in [5, 5.41) is 1.13. The second kappa shape index (κ2) is 9.65. The van der Waals surface area contributed by atoms with E-state index in [1.54, 1.807) is 7.11 Å². The summed E-state index contributed by atoms with van der Waals surface area (Å²) in [6, 6.07) is 24.7. The van der Waals surface area contributed by atoms with E-state index in [4.69, 9.17) is 9.73 Å². The zero-order chi connectivity index (χ0) is 27.4. The Balaban J connectivity index is 1.49. The van der Waals surface area contributed by atoms with Gasteiger partial charge in [0.05, 0.1) is 23.4 Å². The molecule has 0 unspecified atom stereocenters. The molecule has 40 heavy (non-hydrogen) atoms. The number of aryl methyl sites for hydroxylation is 1. The van der Waals surface area contributed by atoms with E-state index in [-0.39, 0.29) is 11.6 Å². The van der Waals surface area contributed by atoms with E-state index in [0.29, 0.717) is 11.1 Å². The molecule has 0 N–H and O–H groups in total. The van der Waals surface area contributed by atoms with Crippen LogP contribution in [0.15, 0.2) is 101 Å². The minimum Gasteiger partial charge on any atom is -0.497 e. The van der Waals surface area contributed by atoms with Gasteiger partial charge in [0.25, 0.3) is 5.56 Å². The van der Waals surface area contributed by atoms with Crippen molar-refractivity contribution in [2.24, 2.45) is 4.99 Å². The fourth-order valence-electron chi connectivity index (χ4n) is 6.24. The number of thiazole rings is 1. The number of rotatable bonds is 5. The number of aromatic nitrogens is 2. The van der Waals surface area contributed by atoms with Gasteiger partial charge in [-0.1, -0.05) is 72.0 Å².